The van der Waals surface area contributed by atoms with Crippen molar-refractivity contribution in [2.75, 3.05) is 0 Å². The molecular formula is C30H36N5O7P. The van der Waals surface area contributed by atoms with Crippen LogP contribution in [0.25, 0.3) is 10.9 Å². The van der Waals surface area contributed by atoms with Crippen LogP contribution in [0.3, 0.4) is 0 Å². The number of carbonyl (C=O) groups excluding carboxylic acids is 2. The maximum atomic E-state index is 13.7. The Morgan fingerprint density at radius 3 is 2.53 bits per heavy atom. The van der Waals surface area contributed by atoms with Crippen molar-refractivity contribution < 1.29 is 33.0 Å². The van der Waals surface area contributed by atoms with E-state index in [0.717, 1.165) is 35.7 Å². The Balaban J connectivity index is 1.36. The normalized spacial score (nSPS) is 15.6. The molecule has 4 aromatic rings. The van der Waals surface area contributed by atoms with Crippen molar-refractivity contribution in [2.24, 2.45) is 5.92 Å². The molecule has 2 aromatic heterocycles. The van der Waals surface area contributed by atoms with Gasteiger partial charge in [0, 0.05) is 43.3 Å². The number of hydrogen-bond donors (Lipinski definition) is 5. The summed E-state index contributed by atoms with van der Waals surface area (Å²) in [6.07, 6.45) is 9.09. The molecule has 2 amide bonds. The molecule has 1 saturated carbocycles. The molecule has 0 saturated heterocycles. The van der Waals surface area contributed by atoms with Gasteiger partial charge in [-0.2, -0.15) is 4.98 Å². The van der Waals surface area contributed by atoms with Crippen molar-refractivity contribution in [3.8, 4) is 5.75 Å². The van der Waals surface area contributed by atoms with E-state index in [1.807, 2.05) is 30.5 Å². The van der Waals surface area contributed by atoms with Gasteiger partial charge in [-0.25, -0.2) is 4.57 Å². The lowest BCUT2D eigenvalue weighted by atomic mass is 9.87. The lowest BCUT2D eigenvalue weighted by Crippen LogP contribution is -2.48. The third kappa shape index (κ3) is 8.53. The molecule has 1 aliphatic carbocycles. The second kappa shape index (κ2) is 13.5. The first-order valence-electron chi connectivity index (χ1n) is 14.4. The van der Waals surface area contributed by atoms with Gasteiger partial charge in [0.25, 0.3) is 0 Å². The van der Waals surface area contributed by atoms with Crippen molar-refractivity contribution in [1.29, 1.82) is 0 Å². The largest absolute Gasteiger partial charge is 0.524 e. The van der Waals surface area contributed by atoms with E-state index in [2.05, 4.69) is 25.3 Å². The van der Waals surface area contributed by atoms with Crippen LogP contribution in [-0.2, 0) is 33.4 Å². The fourth-order valence-electron chi connectivity index (χ4n) is 5.65. The molecule has 0 bridgehead atoms. The fourth-order valence-corrected chi connectivity index (χ4v) is 6.04. The number of phosphoric acid groups is 1. The standard InChI is InChI=1S/C30H36N5O7P/c1-19(36)32-26(15-21-11-13-23(14-12-21)42-43(38,39)40)29(37)33-27(17-22-18-31-25-10-6-5-9-24(22)25)30-34-28(35-41-30)16-20-7-3-2-4-8-20/h5-6,9-14,18,20,26-27,31H,2-4,7-8,15-17H2,1H3,(H,32,36)(H,33,37)(H2,38,39,40)/t26-,27-/m0/s1. The summed E-state index contributed by atoms with van der Waals surface area (Å²) in [5.41, 5.74) is 2.57. The second-order valence-electron chi connectivity index (χ2n) is 11.1. The minimum atomic E-state index is -4.70. The van der Waals surface area contributed by atoms with Gasteiger partial charge in [0.15, 0.2) is 5.82 Å². The number of fused-ring (bicyclic) bond motifs is 1. The van der Waals surface area contributed by atoms with Gasteiger partial charge in [-0.3, -0.25) is 19.4 Å². The van der Waals surface area contributed by atoms with E-state index in [9.17, 15) is 14.2 Å². The molecule has 1 fully saturated rings. The highest BCUT2D eigenvalue weighted by Crippen LogP contribution is 2.37. The predicted octanol–water partition coefficient (Wildman–Crippen LogP) is 4.29. The van der Waals surface area contributed by atoms with Crippen molar-refractivity contribution in [1.82, 2.24) is 25.8 Å². The maximum absolute atomic E-state index is 13.7. The highest BCUT2D eigenvalue weighted by Gasteiger charge is 2.28. The third-order valence-corrected chi connectivity index (χ3v) is 8.12. The zero-order chi connectivity index (χ0) is 30.4. The topological polar surface area (TPSA) is 180 Å². The molecular weight excluding hydrogens is 573 g/mol. The number of aromatic amines is 1. The molecule has 1 aliphatic rings. The summed E-state index contributed by atoms with van der Waals surface area (Å²) in [5.74, 6) is 0.589. The number of rotatable bonds is 12. The molecule has 5 rings (SSSR count). The SMILES string of the molecule is CC(=O)N[C@@H](Cc1ccc(OP(=O)(O)O)cc1)C(=O)N[C@@H](Cc1c[nH]c2ccccc12)c1nc(CC2CCCCC2)no1. The van der Waals surface area contributed by atoms with Gasteiger partial charge >= 0.3 is 7.82 Å². The molecule has 12 nitrogen and oxygen atoms in total. The van der Waals surface area contributed by atoms with Crippen molar-refractivity contribution in [2.45, 2.75) is 70.4 Å². The lowest BCUT2D eigenvalue weighted by Gasteiger charge is -2.22. The van der Waals surface area contributed by atoms with E-state index in [0.29, 0.717) is 29.6 Å². The maximum Gasteiger partial charge on any atom is 0.524 e. The summed E-state index contributed by atoms with van der Waals surface area (Å²) in [6.45, 7) is 1.33. The number of benzene rings is 2. The molecule has 5 N–H and O–H groups in total. The van der Waals surface area contributed by atoms with E-state index in [1.54, 1.807) is 12.1 Å². The van der Waals surface area contributed by atoms with E-state index in [4.69, 9.17) is 19.3 Å². The number of aromatic nitrogens is 3. The van der Waals surface area contributed by atoms with Crippen LogP contribution in [0, 0.1) is 5.92 Å². The fraction of sp³-hybridized carbons (Fsp3) is 0.400. The van der Waals surface area contributed by atoms with E-state index < -0.39 is 25.8 Å². The zero-order valence-corrected chi connectivity index (χ0v) is 24.8. The minimum Gasteiger partial charge on any atom is -0.404 e. The van der Waals surface area contributed by atoms with Crippen LogP contribution in [0.1, 0.15) is 67.9 Å². The number of nitrogens with zero attached hydrogens (tertiary/aromatic N) is 2. The summed E-state index contributed by atoms with van der Waals surface area (Å²) < 4.78 is 21.4. The Hall–Kier alpha value is -3.99. The quantitative estimate of drug-likeness (QED) is 0.146. The van der Waals surface area contributed by atoms with Crippen molar-refractivity contribution in [3.05, 3.63) is 77.6 Å². The van der Waals surface area contributed by atoms with Crippen LogP contribution in [0.5, 0.6) is 5.75 Å². The smallest absolute Gasteiger partial charge is 0.404 e. The molecule has 0 spiro atoms. The van der Waals surface area contributed by atoms with Crippen LogP contribution in [-0.4, -0.2) is 42.8 Å². The third-order valence-electron chi connectivity index (χ3n) is 7.67. The number of para-hydroxylation sites is 1. The number of hydrogen-bond acceptors (Lipinski definition) is 7. The molecule has 13 heteroatoms. The van der Waals surface area contributed by atoms with Gasteiger partial charge in [0.1, 0.15) is 17.8 Å². The lowest BCUT2D eigenvalue weighted by molar-refractivity contribution is -0.128. The van der Waals surface area contributed by atoms with Gasteiger partial charge in [-0.15, -0.1) is 0 Å². The summed E-state index contributed by atoms with van der Waals surface area (Å²) >= 11 is 0. The Bertz CT molecular complexity index is 1590. The molecule has 0 unspecified atom stereocenters. The van der Waals surface area contributed by atoms with E-state index in [1.165, 1.54) is 38.3 Å². The van der Waals surface area contributed by atoms with Crippen molar-refractivity contribution >= 4 is 30.5 Å². The first-order chi connectivity index (χ1) is 20.6. The first kappa shape index (κ1) is 30.5. The molecule has 0 radical (unpaired) electrons. The van der Waals surface area contributed by atoms with Crippen LogP contribution in [0.4, 0.5) is 0 Å². The predicted molar refractivity (Wildman–Crippen MR) is 158 cm³/mol. The summed E-state index contributed by atoms with van der Waals surface area (Å²) in [6, 6.07) is 12.2. The number of phosphoric ester groups is 1. The molecule has 0 aliphatic heterocycles. The van der Waals surface area contributed by atoms with Crippen LogP contribution < -0.4 is 15.2 Å². The van der Waals surface area contributed by atoms with Gasteiger partial charge in [0.2, 0.25) is 17.7 Å². The van der Waals surface area contributed by atoms with Crippen LogP contribution in [0.15, 0.2) is 59.3 Å². The number of H-pyrrole nitrogens is 1. The molecule has 2 heterocycles. The Labute approximate surface area is 248 Å². The summed E-state index contributed by atoms with van der Waals surface area (Å²) in [5, 5.41) is 11.0. The average Bonchev–Trinajstić information content (AvgIpc) is 3.60. The highest BCUT2D eigenvalue weighted by atomic mass is 31.2. The molecule has 2 atom stereocenters. The van der Waals surface area contributed by atoms with Gasteiger partial charge < -0.3 is 24.7 Å². The van der Waals surface area contributed by atoms with Gasteiger partial charge in [-0.1, -0.05) is 67.6 Å². The zero-order valence-electron chi connectivity index (χ0n) is 23.9. The highest BCUT2D eigenvalue weighted by molar-refractivity contribution is 7.46. The molecule has 228 valence electrons. The number of carbonyl (C=O) groups is 2. The average molecular weight is 610 g/mol. The van der Waals surface area contributed by atoms with E-state index >= 15 is 0 Å². The Morgan fingerprint density at radius 2 is 1.81 bits per heavy atom. The van der Waals surface area contributed by atoms with E-state index in [-0.39, 0.29) is 18.1 Å². The van der Waals surface area contributed by atoms with Crippen LogP contribution in [0.2, 0.25) is 0 Å². The minimum absolute atomic E-state index is 0.0168. The second-order valence-corrected chi connectivity index (χ2v) is 12.2. The number of nitrogens with one attached hydrogen (secondary N) is 3. The van der Waals surface area contributed by atoms with Gasteiger partial charge in [-0.05, 0) is 35.2 Å². The Morgan fingerprint density at radius 1 is 1.07 bits per heavy atom. The number of amides is 2. The van der Waals surface area contributed by atoms with Crippen LogP contribution >= 0.6 is 7.82 Å². The summed E-state index contributed by atoms with van der Waals surface area (Å²) in [7, 11) is -4.70. The first-order valence-corrected chi connectivity index (χ1v) is 15.9. The molecule has 43 heavy (non-hydrogen) atoms. The van der Waals surface area contributed by atoms with Crippen molar-refractivity contribution in [3.63, 3.8) is 0 Å². The monoisotopic (exact) mass is 609 g/mol. The molecule has 2 aromatic carbocycles. The summed E-state index contributed by atoms with van der Waals surface area (Å²) in [4.78, 5) is 51.8. The Kier molecular flexibility index (Phi) is 9.59. The van der Waals surface area contributed by atoms with Gasteiger partial charge in [0.05, 0.1) is 0 Å².